The van der Waals surface area contributed by atoms with Crippen molar-refractivity contribution in [3.63, 3.8) is 0 Å². The molecule has 1 aliphatic rings. The second-order valence-electron chi connectivity index (χ2n) is 7.11. The largest absolute Gasteiger partial charge is 0.454 e. The molecule has 0 aromatic heterocycles. The number of sulfonamides is 1. The topological polar surface area (TPSA) is 90.0 Å². The highest BCUT2D eigenvalue weighted by atomic mass is 79.9. The summed E-state index contributed by atoms with van der Waals surface area (Å²) >= 11 is 3.29. The average Bonchev–Trinajstić information content (AvgIpc) is 2.71. The van der Waals surface area contributed by atoms with Crippen molar-refractivity contribution in [2.24, 2.45) is 0 Å². The lowest BCUT2D eigenvalue weighted by Crippen LogP contribution is -2.48. The van der Waals surface area contributed by atoms with Crippen LogP contribution in [-0.4, -0.2) is 56.4 Å². The predicted molar refractivity (Wildman–Crippen MR) is 114 cm³/mol. The summed E-state index contributed by atoms with van der Waals surface area (Å²) in [6, 6.07) is 12.3. The lowest BCUT2D eigenvalue weighted by molar-refractivity contribution is -0.0440. The average molecular weight is 496 g/mol. The van der Waals surface area contributed by atoms with E-state index in [0.717, 1.165) is 4.47 Å². The van der Waals surface area contributed by atoms with E-state index in [2.05, 4.69) is 15.9 Å². The fraction of sp³-hybridized carbons (Fsp3) is 0.333. The highest BCUT2D eigenvalue weighted by Gasteiger charge is 2.32. The van der Waals surface area contributed by atoms with Crippen molar-refractivity contribution in [2.45, 2.75) is 31.0 Å². The molecule has 3 rings (SSSR count). The maximum atomic E-state index is 13.0. The molecule has 0 radical (unpaired) electrons. The number of rotatable bonds is 6. The highest BCUT2D eigenvalue weighted by molar-refractivity contribution is 9.10. The normalized spacial score (nSPS) is 20.0. The molecule has 7 nitrogen and oxygen atoms in total. The van der Waals surface area contributed by atoms with Crippen molar-refractivity contribution < 1.29 is 27.5 Å². The third kappa shape index (κ3) is 5.34. The number of nitrogens with zero attached hydrogens (tertiary/aromatic N) is 1. The third-order valence-corrected chi connectivity index (χ3v) is 6.95. The molecule has 2 aromatic carbocycles. The number of esters is 1. The van der Waals surface area contributed by atoms with E-state index in [1.165, 1.54) is 28.6 Å². The number of ether oxygens (including phenoxy) is 2. The summed E-state index contributed by atoms with van der Waals surface area (Å²) in [7, 11) is -3.79. The maximum Gasteiger partial charge on any atom is 0.338 e. The summed E-state index contributed by atoms with van der Waals surface area (Å²) in [6.45, 7) is 3.67. The van der Waals surface area contributed by atoms with Crippen molar-refractivity contribution in [3.05, 3.63) is 64.1 Å². The van der Waals surface area contributed by atoms with Gasteiger partial charge in [-0.3, -0.25) is 4.79 Å². The van der Waals surface area contributed by atoms with Gasteiger partial charge in [-0.2, -0.15) is 4.31 Å². The van der Waals surface area contributed by atoms with E-state index in [1.807, 2.05) is 13.8 Å². The molecule has 1 heterocycles. The monoisotopic (exact) mass is 495 g/mol. The number of halogens is 1. The molecule has 2 unspecified atom stereocenters. The molecular weight excluding hydrogens is 474 g/mol. The summed E-state index contributed by atoms with van der Waals surface area (Å²) < 4.78 is 38.9. The first-order chi connectivity index (χ1) is 14.2. The van der Waals surface area contributed by atoms with E-state index in [1.54, 1.807) is 24.3 Å². The molecule has 1 aliphatic heterocycles. The van der Waals surface area contributed by atoms with Gasteiger partial charge in [-0.1, -0.05) is 34.1 Å². The first-order valence-corrected chi connectivity index (χ1v) is 11.6. The van der Waals surface area contributed by atoms with Crippen LogP contribution in [0, 0.1) is 0 Å². The summed E-state index contributed by atoms with van der Waals surface area (Å²) in [6.07, 6.45) is -0.442. The minimum absolute atomic E-state index is 0.00233. The van der Waals surface area contributed by atoms with Crippen LogP contribution in [0.4, 0.5) is 0 Å². The van der Waals surface area contributed by atoms with Gasteiger partial charge in [-0.25, -0.2) is 13.2 Å². The Morgan fingerprint density at radius 3 is 2.33 bits per heavy atom. The molecule has 9 heteroatoms. The van der Waals surface area contributed by atoms with Crippen LogP contribution in [0.25, 0.3) is 0 Å². The molecule has 160 valence electrons. The predicted octanol–water partition coefficient (Wildman–Crippen LogP) is 3.29. The van der Waals surface area contributed by atoms with Crippen molar-refractivity contribution in [2.75, 3.05) is 19.7 Å². The van der Waals surface area contributed by atoms with Gasteiger partial charge in [0.1, 0.15) is 0 Å². The summed E-state index contributed by atoms with van der Waals surface area (Å²) in [5.74, 6) is -1.11. The Bertz CT molecular complexity index is 1030. The van der Waals surface area contributed by atoms with E-state index >= 15 is 0 Å². The van der Waals surface area contributed by atoms with Crippen molar-refractivity contribution in [1.29, 1.82) is 0 Å². The molecule has 0 aliphatic carbocycles. The zero-order valence-corrected chi connectivity index (χ0v) is 19.0. The molecule has 1 saturated heterocycles. The highest BCUT2D eigenvalue weighted by Crippen LogP contribution is 2.22. The SMILES string of the molecule is CC1CN(S(=O)(=O)c2cccc(C(=O)OCC(=O)c3ccc(Br)cc3)c2)CC(C)O1. The van der Waals surface area contributed by atoms with Crippen molar-refractivity contribution in [3.8, 4) is 0 Å². The molecule has 0 amide bonds. The Balaban J connectivity index is 1.70. The van der Waals surface area contributed by atoms with Crippen LogP contribution >= 0.6 is 15.9 Å². The standard InChI is InChI=1S/C21H22BrNO6S/c1-14-11-23(12-15(2)29-14)30(26,27)19-5-3-4-17(10-19)21(25)28-13-20(24)16-6-8-18(22)9-7-16/h3-10,14-15H,11-13H2,1-2H3. The quantitative estimate of drug-likeness (QED) is 0.451. The van der Waals surface area contributed by atoms with Gasteiger partial charge in [0.05, 0.1) is 22.7 Å². The van der Waals surface area contributed by atoms with E-state index in [-0.39, 0.29) is 41.5 Å². The van der Waals surface area contributed by atoms with Crippen LogP contribution < -0.4 is 0 Å². The molecule has 1 fully saturated rings. The van der Waals surface area contributed by atoms with E-state index < -0.39 is 22.6 Å². The Morgan fingerprint density at radius 2 is 1.70 bits per heavy atom. The van der Waals surface area contributed by atoms with Gasteiger partial charge < -0.3 is 9.47 Å². The number of morpholine rings is 1. The number of benzene rings is 2. The molecule has 2 atom stereocenters. The maximum absolute atomic E-state index is 13.0. The smallest absolute Gasteiger partial charge is 0.338 e. The zero-order valence-electron chi connectivity index (χ0n) is 16.6. The van der Waals surface area contributed by atoms with Crippen LogP contribution in [0.3, 0.4) is 0 Å². The van der Waals surface area contributed by atoms with Crippen LogP contribution in [0.15, 0.2) is 57.9 Å². The second-order valence-corrected chi connectivity index (χ2v) is 9.97. The minimum atomic E-state index is -3.79. The van der Waals surface area contributed by atoms with E-state index in [4.69, 9.17) is 9.47 Å². The lowest BCUT2D eigenvalue weighted by atomic mass is 10.1. The summed E-state index contributed by atoms with van der Waals surface area (Å²) in [4.78, 5) is 24.6. The Kier molecular flexibility index (Phi) is 7.07. The van der Waals surface area contributed by atoms with Gasteiger partial charge >= 0.3 is 5.97 Å². The number of carbonyl (C=O) groups excluding carboxylic acids is 2. The Morgan fingerprint density at radius 1 is 1.07 bits per heavy atom. The number of ketones is 1. The van der Waals surface area contributed by atoms with Gasteiger partial charge in [0.15, 0.2) is 12.4 Å². The number of hydrogen-bond acceptors (Lipinski definition) is 6. The fourth-order valence-electron chi connectivity index (χ4n) is 3.19. The summed E-state index contributed by atoms with van der Waals surface area (Å²) in [5.41, 5.74) is 0.479. The van der Waals surface area contributed by atoms with Crippen LogP contribution in [-0.2, 0) is 19.5 Å². The fourth-order valence-corrected chi connectivity index (χ4v) is 5.09. The first-order valence-electron chi connectivity index (χ1n) is 9.38. The van der Waals surface area contributed by atoms with Crippen LogP contribution in [0.1, 0.15) is 34.6 Å². The number of carbonyl (C=O) groups is 2. The lowest BCUT2D eigenvalue weighted by Gasteiger charge is -2.34. The van der Waals surface area contributed by atoms with Crippen molar-refractivity contribution >= 4 is 37.7 Å². The Labute approximate surface area is 184 Å². The molecule has 30 heavy (non-hydrogen) atoms. The van der Waals surface area contributed by atoms with Gasteiger partial charge in [-0.15, -0.1) is 0 Å². The first kappa shape index (κ1) is 22.6. The molecule has 0 spiro atoms. The third-order valence-electron chi connectivity index (χ3n) is 4.59. The summed E-state index contributed by atoms with van der Waals surface area (Å²) in [5, 5.41) is 0. The second kappa shape index (κ2) is 9.38. The van der Waals surface area contributed by atoms with Crippen molar-refractivity contribution in [1.82, 2.24) is 4.31 Å². The molecule has 0 saturated carbocycles. The Hall–Kier alpha value is -2.07. The number of hydrogen-bond donors (Lipinski definition) is 0. The van der Waals surface area contributed by atoms with Crippen LogP contribution in [0.2, 0.25) is 0 Å². The zero-order chi connectivity index (χ0) is 21.9. The van der Waals surface area contributed by atoms with Crippen LogP contribution in [0.5, 0.6) is 0 Å². The molecule has 2 aromatic rings. The minimum Gasteiger partial charge on any atom is -0.454 e. The molecule has 0 bridgehead atoms. The molecular formula is C21H22BrNO6S. The van der Waals surface area contributed by atoms with Gasteiger partial charge in [-0.05, 0) is 44.2 Å². The molecule has 0 N–H and O–H groups in total. The number of Topliss-reactive ketones (excluding diaryl/α,β-unsaturated/α-hetero) is 1. The van der Waals surface area contributed by atoms with Gasteiger partial charge in [0.25, 0.3) is 0 Å². The van der Waals surface area contributed by atoms with E-state index in [0.29, 0.717) is 5.56 Å². The van der Waals surface area contributed by atoms with E-state index in [9.17, 15) is 18.0 Å². The van der Waals surface area contributed by atoms with Gasteiger partial charge in [0.2, 0.25) is 10.0 Å². The van der Waals surface area contributed by atoms with Gasteiger partial charge in [0, 0.05) is 23.1 Å².